The average Bonchev–Trinajstić information content (AvgIpc) is 3.19. The molecule has 0 saturated heterocycles. The fraction of sp³-hybridized carbons (Fsp3) is 0.182. The number of esters is 1. The predicted octanol–water partition coefficient (Wildman–Crippen LogP) is 3.61. The summed E-state index contributed by atoms with van der Waals surface area (Å²) in [6.45, 7) is 3.06. The Morgan fingerprint density at radius 1 is 1.10 bits per heavy atom. The lowest BCUT2D eigenvalue weighted by atomic mass is 10.1. The van der Waals surface area contributed by atoms with Gasteiger partial charge in [0.05, 0.1) is 11.4 Å². The normalized spacial score (nSPS) is 10.3. The topological polar surface area (TPSA) is 88.6 Å². The third-order valence-corrected chi connectivity index (χ3v) is 4.99. The van der Waals surface area contributed by atoms with Crippen LogP contribution < -0.4 is 10.2 Å². The molecule has 154 valence electrons. The number of nitrogens with zero attached hydrogens (tertiary/aromatic N) is 2. The number of amides is 2. The second-order valence-electron chi connectivity index (χ2n) is 6.52. The summed E-state index contributed by atoms with van der Waals surface area (Å²) >= 11 is 1.28. The summed E-state index contributed by atoms with van der Waals surface area (Å²) in [5.74, 6) is -1.08. The maximum atomic E-state index is 12.1. The molecule has 1 aromatic heterocycles. The fourth-order valence-electron chi connectivity index (χ4n) is 2.72. The van der Waals surface area contributed by atoms with E-state index in [4.69, 9.17) is 4.74 Å². The number of benzene rings is 2. The summed E-state index contributed by atoms with van der Waals surface area (Å²) in [6, 6.07) is 16.3. The van der Waals surface area contributed by atoms with Gasteiger partial charge in [-0.2, -0.15) is 0 Å². The first kappa shape index (κ1) is 21.2. The predicted molar refractivity (Wildman–Crippen MR) is 115 cm³/mol. The summed E-state index contributed by atoms with van der Waals surface area (Å²) < 4.78 is 5.18. The number of hydrogen-bond acceptors (Lipinski definition) is 6. The molecule has 0 unspecified atom stereocenters. The number of rotatable bonds is 7. The second kappa shape index (κ2) is 9.80. The van der Waals surface area contributed by atoms with Crippen LogP contribution in [0.1, 0.15) is 28.5 Å². The van der Waals surface area contributed by atoms with E-state index in [1.54, 1.807) is 23.6 Å². The van der Waals surface area contributed by atoms with Gasteiger partial charge in [-0.15, -0.1) is 11.3 Å². The van der Waals surface area contributed by atoms with Gasteiger partial charge in [-0.25, -0.2) is 4.98 Å². The van der Waals surface area contributed by atoms with Gasteiger partial charge in [0.15, 0.2) is 5.13 Å². The Balaban J connectivity index is 1.54. The number of ether oxygens (including phenoxy) is 1. The third-order valence-electron chi connectivity index (χ3n) is 4.11. The van der Waals surface area contributed by atoms with Crippen LogP contribution in [0.4, 0.5) is 10.8 Å². The monoisotopic (exact) mass is 423 g/mol. The molecular formula is C22H21N3O4S. The molecule has 0 fully saturated rings. The highest BCUT2D eigenvalue weighted by Crippen LogP contribution is 2.28. The first-order chi connectivity index (χ1) is 14.4. The molecule has 0 bridgehead atoms. The lowest BCUT2D eigenvalue weighted by Crippen LogP contribution is -2.30. The third kappa shape index (κ3) is 5.51. The van der Waals surface area contributed by atoms with Gasteiger partial charge in [-0.3, -0.25) is 19.3 Å². The van der Waals surface area contributed by atoms with E-state index in [-0.39, 0.29) is 25.0 Å². The minimum absolute atomic E-state index is 0.0455. The molecule has 1 N–H and O–H groups in total. The van der Waals surface area contributed by atoms with E-state index < -0.39 is 5.97 Å². The molecule has 1 heterocycles. The van der Waals surface area contributed by atoms with Crippen molar-refractivity contribution in [1.82, 2.24) is 10.3 Å². The molecule has 0 aliphatic rings. The van der Waals surface area contributed by atoms with Gasteiger partial charge >= 0.3 is 5.97 Å². The molecule has 0 atom stereocenters. The van der Waals surface area contributed by atoms with Crippen LogP contribution in [-0.2, 0) is 20.9 Å². The van der Waals surface area contributed by atoms with Crippen molar-refractivity contribution in [2.24, 2.45) is 0 Å². The van der Waals surface area contributed by atoms with Crippen molar-refractivity contribution in [2.75, 3.05) is 11.4 Å². The molecule has 3 aromatic rings. The Bertz CT molecular complexity index is 1050. The first-order valence-corrected chi connectivity index (χ1v) is 10.1. The van der Waals surface area contributed by atoms with E-state index in [1.165, 1.54) is 23.2 Å². The molecule has 2 amide bonds. The van der Waals surface area contributed by atoms with Gasteiger partial charge in [0, 0.05) is 17.9 Å². The number of aromatic nitrogens is 1. The number of carbonyl (C=O) groups excluding carboxylic acids is 3. The van der Waals surface area contributed by atoms with Crippen molar-refractivity contribution in [3.05, 3.63) is 76.8 Å². The van der Waals surface area contributed by atoms with Crippen LogP contribution in [0.3, 0.4) is 0 Å². The van der Waals surface area contributed by atoms with Gasteiger partial charge in [0.25, 0.3) is 5.91 Å². The van der Waals surface area contributed by atoms with Crippen LogP contribution in [-0.4, -0.2) is 29.3 Å². The van der Waals surface area contributed by atoms with E-state index in [0.29, 0.717) is 22.1 Å². The van der Waals surface area contributed by atoms with Gasteiger partial charge in [-0.05, 0) is 31.2 Å². The lowest BCUT2D eigenvalue weighted by Gasteiger charge is -2.17. The zero-order valence-electron chi connectivity index (χ0n) is 16.6. The average molecular weight is 423 g/mol. The largest absolute Gasteiger partial charge is 0.458 e. The highest BCUT2D eigenvalue weighted by Gasteiger charge is 2.18. The quantitative estimate of drug-likeness (QED) is 0.587. The Hall–Kier alpha value is -3.52. The van der Waals surface area contributed by atoms with Crippen LogP contribution in [0.25, 0.3) is 0 Å². The Kier molecular flexibility index (Phi) is 6.92. The fourth-order valence-corrected chi connectivity index (χ4v) is 3.59. The number of thiazole rings is 1. The summed E-state index contributed by atoms with van der Waals surface area (Å²) in [5, 5.41) is 4.76. The van der Waals surface area contributed by atoms with Crippen molar-refractivity contribution in [2.45, 2.75) is 20.5 Å². The zero-order chi connectivity index (χ0) is 21.5. The molecule has 7 nitrogen and oxygen atoms in total. The highest BCUT2D eigenvalue weighted by molar-refractivity contribution is 7.14. The van der Waals surface area contributed by atoms with Crippen molar-refractivity contribution in [3.8, 4) is 0 Å². The Morgan fingerprint density at radius 3 is 2.57 bits per heavy atom. The van der Waals surface area contributed by atoms with Crippen molar-refractivity contribution >= 4 is 39.9 Å². The standard InChI is InChI=1S/C22H21N3O4S/c1-15-7-6-8-17(11-15)21(28)23-12-20(27)29-13-18-14-30-22(24-18)25(16(2)26)19-9-4-3-5-10-19/h3-11,14H,12-13H2,1-2H3,(H,23,28). The van der Waals surface area contributed by atoms with E-state index in [2.05, 4.69) is 10.3 Å². The number of anilines is 2. The van der Waals surface area contributed by atoms with Gasteiger partial charge in [0.1, 0.15) is 13.2 Å². The maximum Gasteiger partial charge on any atom is 0.325 e. The van der Waals surface area contributed by atoms with Crippen molar-refractivity contribution in [3.63, 3.8) is 0 Å². The lowest BCUT2D eigenvalue weighted by molar-refractivity contribution is -0.143. The highest BCUT2D eigenvalue weighted by atomic mass is 32.1. The van der Waals surface area contributed by atoms with Gasteiger partial charge < -0.3 is 10.1 Å². The Labute approximate surface area is 178 Å². The van der Waals surface area contributed by atoms with Crippen LogP contribution in [0.15, 0.2) is 60.0 Å². The summed E-state index contributed by atoms with van der Waals surface area (Å²) in [5.41, 5.74) is 2.68. The van der Waals surface area contributed by atoms with E-state index in [9.17, 15) is 14.4 Å². The first-order valence-electron chi connectivity index (χ1n) is 9.24. The zero-order valence-corrected chi connectivity index (χ0v) is 17.4. The summed E-state index contributed by atoms with van der Waals surface area (Å²) in [4.78, 5) is 42.0. The number of nitrogens with one attached hydrogen (secondary N) is 1. The van der Waals surface area contributed by atoms with E-state index in [0.717, 1.165) is 5.56 Å². The molecule has 0 saturated carbocycles. The van der Waals surface area contributed by atoms with Crippen molar-refractivity contribution in [1.29, 1.82) is 0 Å². The summed E-state index contributed by atoms with van der Waals surface area (Å²) in [7, 11) is 0. The van der Waals surface area contributed by atoms with Crippen LogP contribution in [0.5, 0.6) is 0 Å². The van der Waals surface area contributed by atoms with Crippen LogP contribution in [0.2, 0.25) is 0 Å². The smallest absolute Gasteiger partial charge is 0.325 e. The molecule has 0 radical (unpaired) electrons. The molecular weight excluding hydrogens is 402 g/mol. The molecule has 30 heavy (non-hydrogen) atoms. The summed E-state index contributed by atoms with van der Waals surface area (Å²) in [6.07, 6.45) is 0. The van der Waals surface area contributed by atoms with Crippen LogP contribution >= 0.6 is 11.3 Å². The van der Waals surface area contributed by atoms with Gasteiger partial charge in [0.2, 0.25) is 5.91 Å². The molecule has 2 aromatic carbocycles. The van der Waals surface area contributed by atoms with Crippen molar-refractivity contribution < 1.29 is 19.1 Å². The van der Waals surface area contributed by atoms with E-state index >= 15 is 0 Å². The minimum Gasteiger partial charge on any atom is -0.458 e. The number of aryl methyl sites for hydroxylation is 1. The van der Waals surface area contributed by atoms with Gasteiger partial charge in [-0.1, -0.05) is 35.9 Å². The number of para-hydroxylation sites is 1. The van der Waals surface area contributed by atoms with Crippen LogP contribution in [0, 0.1) is 6.92 Å². The molecule has 0 aliphatic heterocycles. The molecule has 3 rings (SSSR count). The molecule has 0 aliphatic carbocycles. The second-order valence-corrected chi connectivity index (χ2v) is 7.36. The molecule has 8 heteroatoms. The number of carbonyl (C=O) groups is 3. The minimum atomic E-state index is -0.572. The number of hydrogen-bond donors (Lipinski definition) is 1. The SMILES string of the molecule is CC(=O)N(c1ccccc1)c1nc(COC(=O)CNC(=O)c2cccc(C)c2)cs1. The van der Waals surface area contributed by atoms with E-state index in [1.807, 2.05) is 43.3 Å². The Morgan fingerprint density at radius 2 is 1.87 bits per heavy atom. The maximum absolute atomic E-state index is 12.1. The molecule has 0 spiro atoms.